The van der Waals surface area contributed by atoms with Crippen LogP contribution in [0.25, 0.3) is 0 Å². The first kappa shape index (κ1) is 17.6. The van der Waals surface area contributed by atoms with Crippen molar-refractivity contribution in [1.82, 2.24) is 9.97 Å². The van der Waals surface area contributed by atoms with E-state index in [0.29, 0.717) is 38.9 Å². The monoisotopic (exact) mass is 393 g/mol. The third kappa shape index (κ3) is 4.25. The van der Waals surface area contributed by atoms with Crippen LogP contribution in [0.15, 0.2) is 48.8 Å². The standard InChI is InChI=1S/C17H14Cl3N5/c18-12-4-2-1-3-10(12)8-22-16-15(21)17(24-9-23-16)25-11-5-6-13(19)14(20)7-11/h1-7,9H,8,21H2,(H2,22,23,24,25). The van der Waals surface area contributed by atoms with Crippen molar-refractivity contribution in [3.8, 4) is 0 Å². The third-order valence-electron chi connectivity index (χ3n) is 3.47. The third-order valence-corrected chi connectivity index (χ3v) is 4.58. The Bertz CT molecular complexity index is 901. The first-order valence-corrected chi connectivity index (χ1v) is 8.48. The zero-order chi connectivity index (χ0) is 17.8. The van der Waals surface area contributed by atoms with Gasteiger partial charge in [-0.1, -0.05) is 53.0 Å². The van der Waals surface area contributed by atoms with Gasteiger partial charge in [-0.3, -0.25) is 0 Å². The van der Waals surface area contributed by atoms with Crippen LogP contribution in [0.3, 0.4) is 0 Å². The average molecular weight is 395 g/mol. The Morgan fingerprint density at radius 3 is 2.40 bits per heavy atom. The van der Waals surface area contributed by atoms with Gasteiger partial charge in [-0.2, -0.15) is 0 Å². The molecule has 0 saturated carbocycles. The fourth-order valence-corrected chi connectivity index (χ4v) is 2.67. The van der Waals surface area contributed by atoms with Gasteiger partial charge in [-0.25, -0.2) is 9.97 Å². The van der Waals surface area contributed by atoms with Gasteiger partial charge in [0, 0.05) is 17.3 Å². The molecule has 0 spiro atoms. The van der Waals surface area contributed by atoms with Crippen LogP contribution in [0.2, 0.25) is 15.1 Å². The molecule has 25 heavy (non-hydrogen) atoms. The Morgan fingerprint density at radius 1 is 0.880 bits per heavy atom. The maximum Gasteiger partial charge on any atom is 0.159 e. The van der Waals surface area contributed by atoms with Gasteiger partial charge in [-0.15, -0.1) is 0 Å². The lowest BCUT2D eigenvalue weighted by Gasteiger charge is -2.13. The summed E-state index contributed by atoms with van der Waals surface area (Å²) in [5.41, 5.74) is 8.21. The van der Waals surface area contributed by atoms with Gasteiger partial charge in [0.2, 0.25) is 0 Å². The number of halogens is 3. The number of nitrogens with one attached hydrogen (secondary N) is 2. The summed E-state index contributed by atoms with van der Waals surface area (Å²) < 4.78 is 0. The predicted molar refractivity (Wildman–Crippen MR) is 105 cm³/mol. The summed E-state index contributed by atoms with van der Waals surface area (Å²) >= 11 is 18.1. The van der Waals surface area contributed by atoms with Crippen molar-refractivity contribution in [2.24, 2.45) is 0 Å². The first-order chi connectivity index (χ1) is 12.0. The lowest BCUT2D eigenvalue weighted by atomic mass is 10.2. The van der Waals surface area contributed by atoms with Gasteiger partial charge in [0.05, 0.1) is 10.0 Å². The summed E-state index contributed by atoms with van der Waals surface area (Å²) in [7, 11) is 0. The fraction of sp³-hybridized carbons (Fsp3) is 0.0588. The van der Waals surface area contributed by atoms with Crippen LogP contribution < -0.4 is 16.4 Å². The summed E-state index contributed by atoms with van der Waals surface area (Å²) in [6.45, 7) is 0.493. The summed E-state index contributed by atoms with van der Waals surface area (Å²) in [4.78, 5) is 8.35. The molecule has 0 saturated heterocycles. The SMILES string of the molecule is Nc1c(NCc2ccccc2Cl)ncnc1Nc1ccc(Cl)c(Cl)c1. The van der Waals surface area contributed by atoms with Crippen molar-refractivity contribution < 1.29 is 0 Å². The maximum atomic E-state index is 6.16. The van der Waals surface area contributed by atoms with Crippen LogP contribution in [-0.4, -0.2) is 9.97 Å². The zero-order valence-corrected chi connectivity index (χ0v) is 15.2. The molecule has 4 N–H and O–H groups in total. The highest BCUT2D eigenvalue weighted by Crippen LogP contribution is 2.30. The van der Waals surface area contributed by atoms with Crippen LogP contribution >= 0.6 is 34.8 Å². The van der Waals surface area contributed by atoms with Crippen LogP contribution in [0.5, 0.6) is 0 Å². The Kier molecular flexibility index (Phi) is 5.48. The van der Waals surface area contributed by atoms with Gasteiger partial charge >= 0.3 is 0 Å². The Morgan fingerprint density at radius 2 is 1.64 bits per heavy atom. The molecule has 0 radical (unpaired) electrons. The molecule has 2 aromatic carbocycles. The minimum Gasteiger partial charge on any atom is -0.393 e. The van der Waals surface area contributed by atoms with Crippen LogP contribution in [0.4, 0.5) is 23.0 Å². The highest BCUT2D eigenvalue weighted by atomic mass is 35.5. The molecule has 0 amide bonds. The number of benzene rings is 2. The van der Waals surface area contributed by atoms with Crippen molar-refractivity contribution in [2.45, 2.75) is 6.54 Å². The molecule has 8 heteroatoms. The smallest absolute Gasteiger partial charge is 0.159 e. The predicted octanol–water partition coefficient (Wildman–Crippen LogP) is 5.37. The minimum atomic E-state index is 0.389. The van der Waals surface area contributed by atoms with Gasteiger partial charge in [-0.05, 0) is 29.8 Å². The second kappa shape index (κ2) is 7.78. The van der Waals surface area contributed by atoms with Crippen LogP contribution in [-0.2, 0) is 6.54 Å². The second-order valence-electron chi connectivity index (χ2n) is 5.18. The molecule has 0 unspecified atom stereocenters. The van der Waals surface area contributed by atoms with E-state index in [0.717, 1.165) is 11.3 Å². The number of nitrogens with two attached hydrogens (primary N) is 1. The van der Waals surface area contributed by atoms with E-state index in [-0.39, 0.29) is 0 Å². The molecule has 1 aromatic heterocycles. The summed E-state index contributed by atoms with van der Waals surface area (Å²) in [5, 5.41) is 7.87. The maximum absolute atomic E-state index is 6.16. The zero-order valence-electron chi connectivity index (χ0n) is 12.9. The van der Waals surface area contributed by atoms with E-state index in [4.69, 9.17) is 40.5 Å². The quantitative estimate of drug-likeness (QED) is 0.542. The number of nitrogens with zero attached hydrogens (tertiary/aromatic N) is 2. The molecule has 0 aliphatic carbocycles. The van der Waals surface area contributed by atoms with Crippen molar-refractivity contribution in [3.63, 3.8) is 0 Å². The van der Waals surface area contributed by atoms with Crippen LogP contribution in [0.1, 0.15) is 5.56 Å². The Balaban J connectivity index is 1.77. The van der Waals surface area contributed by atoms with Crippen molar-refractivity contribution in [3.05, 3.63) is 69.4 Å². The minimum absolute atomic E-state index is 0.389. The number of nitrogen functional groups attached to an aromatic ring is 1. The van der Waals surface area contributed by atoms with E-state index in [1.165, 1.54) is 6.33 Å². The average Bonchev–Trinajstić information content (AvgIpc) is 2.60. The van der Waals surface area contributed by atoms with Gasteiger partial charge < -0.3 is 16.4 Å². The second-order valence-corrected chi connectivity index (χ2v) is 6.41. The van der Waals surface area contributed by atoms with Crippen molar-refractivity contribution in [1.29, 1.82) is 0 Å². The number of hydrogen-bond acceptors (Lipinski definition) is 5. The molecule has 0 fully saturated rings. The van der Waals surface area contributed by atoms with E-state index in [1.54, 1.807) is 18.2 Å². The van der Waals surface area contributed by atoms with Crippen molar-refractivity contribution >= 4 is 57.8 Å². The molecule has 3 rings (SSSR count). The molecule has 0 aliphatic rings. The highest BCUT2D eigenvalue weighted by molar-refractivity contribution is 6.42. The van der Waals surface area contributed by atoms with E-state index < -0.39 is 0 Å². The number of rotatable bonds is 5. The van der Waals surface area contributed by atoms with E-state index in [9.17, 15) is 0 Å². The number of aromatic nitrogens is 2. The van der Waals surface area contributed by atoms with E-state index >= 15 is 0 Å². The fourth-order valence-electron chi connectivity index (χ4n) is 2.17. The lowest BCUT2D eigenvalue weighted by molar-refractivity contribution is 1.09. The Labute approximate surface area is 160 Å². The number of hydrogen-bond donors (Lipinski definition) is 3. The normalized spacial score (nSPS) is 10.5. The lowest BCUT2D eigenvalue weighted by Crippen LogP contribution is -2.08. The highest BCUT2D eigenvalue weighted by Gasteiger charge is 2.10. The molecule has 128 valence electrons. The summed E-state index contributed by atoms with van der Waals surface area (Å²) in [5.74, 6) is 0.979. The Hall–Kier alpha value is -2.21. The van der Waals surface area contributed by atoms with E-state index in [1.807, 2.05) is 24.3 Å². The molecular weight excluding hydrogens is 381 g/mol. The molecule has 0 bridgehead atoms. The molecule has 0 atom stereocenters. The van der Waals surface area contributed by atoms with Gasteiger partial charge in [0.25, 0.3) is 0 Å². The van der Waals surface area contributed by atoms with Crippen LogP contribution in [0, 0.1) is 0 Å². The van der Waals surface area contributed by atoms with Crippen molar-refractivity contribution in [2.75, 3.05) is 16.4 Å². The molecule has 5 nitrogen and oxygen atoms in total. The topological polar surface area (TPSA) is 75.9 Å². The van der Waals surface area contributed by atoms with E-state index in [2.05, 4.69) is 20.6 Å². The molecule has 1 heterocycles. The first-order valence-electron chi connectivity index (χ1n) is 7.34. The summed E-state index contributed by atoms with van der Waals surface area (Å²) in [6.07, 6.45) is 1.42. The molecule has 0 aliphatic heterocycles. The van der Waals surface area contributed by atoms with Gasteiger partial charge in [0.15, 0.2) is 11.6 Å². The number of anilines is 4. The molecular formula is C17H14Cl3N5. The summed E-state index contributed by atoms with van der Waals surface area (Å²) in [6, 6.07) is 12.7. The molecule has 3 aromatic rings. The largest absolute Gasteiger partial charge is 0.393 e. The van der Waals surface area contributed by atoms with Gasteiger partial charge in [0.1, 0.15) is 12.0 Å².